The molecule has 0 radical (unpaired) electrons. The average Bonchev–Trinajstić information content (AvgIpc) is 2.40. The summed E-state index contributed by atoms with van der Waals surface area (Å²) in [6.07, 6.45) is 0.861. The van der Waals surface area contributed by atoms with Crippen LogP contribution in [0.1, 0.15) is 34.2 Å². The first-order valence-corrected chi connectivity index (χ1v) is 7.34. The molecule has 0 unspecified atom stereocenters. The summed E-state index contributed by atoms with van der Waals surface area (Å²) in [5.41, 5.74) is 4.22. The van der Waals surface area contributed by atoms with Crippen molar-refractivity contribution in [2.75, 3.05) is 5.32 Å². The number of nitrogens with zero attached hydrogens (tertiary/aromatic N) is 1. The summed E-state index contributed by atoms with van der Waals surface area (Å²) < 4.78 is 1.01. The quantitative estimate of drug-likeness (QED) is 0.911. The molecule has 1 N–H and O–H groups in total. The van der Waals surface area contributed by atoms with Crippen molar-refractivity contribution in [3.63, 3.8) is 0 Å². The maximum Gasteiger partial charge on any atom is 0.257 e. The van der Waals surface area contributed by atoms with Crippen molar-refractivity contribution in [2.45, 2.75) is 27.2 Å². The molecule has 0 saturated carbocycles. The molecule has 104 valence electrons. The van der Waals surface area contributed by atoms with E-state index in [1.807, 2.05) is 44.2 Å². The lowest BCUT2D eigenvalue weighted by Crippen LogP contribution is -2.15. The lowest BCUT2D eigenvalue weighted by Gasteiger charge is -2.11. The van der Waals surface area contributed by atoms with Crippen LogP contribution in [-0.4, -0.2) is 10.9 Å². The van der Waals surface area contributed by atoms with Crippen molar-refractivity contribution < 1.29 is 4.79 Å². The second-order valence-electron chi connectivity index (χ2n) is 4.69. The Balaban J connectivity index is 2.28. The predicted molar refractivity (Wildman–Crippen MR) is 85.2 cm³/mol. The molecule has 4 heteroatoms. The summed E-state index contributed by atoms with van der Waals surface area (Å²) in [5, 5.41) is 2.97. The Kier molecular flexibility index (Phi) is 4.55. The van der Waals surface area contributed by atoms with E-state index in [0.29, 0.717) is 5.56 Å². The van der Waals surface area contributed by atoms with E-state index in [9.17, 15) is 4.79 Å². The standard InChI is InChI=1S/C16H17BrN2O/c1-4-12-9-13(17)6-8-15(12)19-16(20)14-7-5-10(2)18-11(14)3/h5-9H,4H2,1-3H3,(H,19,20). The SMILES string of the molecule is CCc1cc(Br)ccc1NC(=O)c1ccc(C)nc1C. The highest BCUT2D eigenvalue weighted by Crippen LogP contribution is 2.22. The lowest BCUT2D eigenvalue weighted by molar-refractivity contribution is 0.102. The van der Waals surface area contributed by atoms with Gasteiger partial charge in [0.15, 0.2) is 0 Å². The second-order valence-corrected chi connectivity index (χ2v) is 5.61. The maximum absolute atomic E-state index is 12.3. The molecule has 0 aliphatic heterocycles. The van der Waals surface area contributed by atoms with Gasteiger partial charge in [0.05, 0.1) is 11.3 Å². The molecule has 1 aromatic heterocycles. The molecule has 0 saturated heterocycles. The van der Waals surface area contributed by atoms with Crippen LogP contribution in [0.4, 0.5) is 5.69 Å². The van der Waals surface area contributed by atoms with Gasteiger partial charge < -0.3 is 5.32 Å². The van der Waals surface area contributed by atoms with Gasteiger partial charge in [-0.2, -0.15) is 0 Å². The number of benzene rings is 1. The molecule has 0 spiro atoms. The monoisotopic (exact) mass is 332 g/mol. The first-order chi connectivity index (χ1) is 9.51. The first-order valence-electron chi connectivity index (χ1n) is 6.55. The van der Waals surface area contributed by atoms with Crippen molar-refractivity contribution in [3.05, 3.63) is 57.3 Å². The van der Waals surface area contributed by atoms with Crippen molar-refractivity contribution in [1.29, 1.82) is 0 Å². The molecular formula is C16H17BrN2O. The highest BCUT2D eigenvalue weighted by molar-refractivity contribution is 9.10. The fourth-order valence-corrected chi connectivity index (χ4v) is 2.50. The van der Waals surface area contributed by atoms with E-state index < -0.39 is 0 Å². The van der Waals surface area contributed by atoms with Crippen LogP contribution in [0.2, 0.25) is 0 Å². The summed E-state index contributed by atoms with van der Waals surface area (Å²) in [7, 11) is 0. The van der Waals surface area contributed by atoms with E-state index >= 15 is 0 Å². The predicted octanol–water partition coefficient (Wildman–Crippen LogP) is 4.28. The van der Waals surface area contributed by atoms with Gasteiger partial charge in [0, 0.05) is 15.9 Å². The van der Waals surface area contributed by atoms with Gasteiger partial charge in [-0.25, -0.2) is 0 Å². The second kappa shape index (κ2) is 6.18. The van der Waals surface area contributed by atoms with Gasteiger partial charge in [0.2, 0.25) is 0 Å². The molecule has 1 aromatic carbocycles. The van der Waals surface area contributed by atoms with Gasteiger partial charge >= 0.3 is 0 Å². The molecule has 2 aromatic rings. The molecule has 2 rings (SSSR count). The third kappa shape index (κ3) is 3.25. The fraction of sp³-hybridized carbons (Fsp3) is 0.250. The molecule has 0 aliphatic rings. The van der Waals surface area contributed by atoms with Crippen LogP contribution in [-0.2, 0) is 6.42 Å². The van der Waals surface area contributed by atoms with Gasteiger partial charge in [-0.15, -0.1) is 0 Å². The zero-order chi connectivity index (χ0) is 14.7. The third-order valence-electron chi connectivity index (χ3n) is 3.17. The van der Waals surface area contributed by atoms with Crippen molar-refractivity contribution in [1.82, 2.24) is 4.98 Å². The lowest BCUT2D eigenvalue weighted by atomic mass is 10.1. The Hall–Kier alpha value is -1.68. The Labute approximate surface area is 127 Å². The number of amides is 1. The minimum atomic E-state index is -0.118. The number of hydrogen-bond donors (Lipinski definition) is 1. The zero-order valence-corrected chi connectivity index (χ0v) is 13.4. The topological polar surface area (TPSA) is 42.0 Å². The molecule has 0 atom stereocenters. The third-order valence-corrected chi connectivity index (χ3v) is 3.66. The Bertz CT molecular complexity index is 653. The van der Waals surface area contributed by atoms with Crippen LogP contribution in [0.3, 0.4) is 0 Å². The van der Waals surface area contributed by atoms with E-state index in [2.05, 4.69) is 33.2 Å². The molecule has 0 bridgehead atoms. The number of rotatable bonds is 3. The van der Waals surface area contributed by atoms with E-state index in [-0.39, 0.29) is 5.91 Å². The summed E-state index contributed by atoms with van der Waals surface area (Å²) in [6.45, 7) is 5.83. The molecular weight excluding hydrogens is 316 g/mol. The largest absolute Gasteiger partial charge is 0.322 e. The number of aryl methyl sites for hydroxylation is 3. The molecule has 1 amide bonds. The van der Waals surface area contributed by atoms with Gasteiger partial charge in [-0.05, 0) is 56.2 Å². The maximum atomic E-state index is 12.3. The van der Waals surface area contributed by atoms with Gasteiger partial charge in [-0.1, -0.05) is 22.9 Å². The molecule has 0 aliphatic carbocycles. The van der Waals surface area contributed by atoms with Gasteiger partial charge in [0.25, 0.3) is 5.91 Å². The zero-order valence-electron chi connectivity index (χ0n) is 11.8. The smallest absolute Gasteiger partial charge is 0.257 e. The average molecular weight is 333 g/mol. The van der Waals surface area contributed by atoms with Gasteiger partial charge in [0.1, 0.15) is 0 Å². The normalized spacial score (nSPS) is 10.4. The van der Waals surface area contributed by atoms with Crippen LogP contribution in [0.25, 0.3) is 0 Å². The number of carbonyl (C=O) groups excluding carboxylic acids is 1. The van der Waals surface area contributed by atoms with E-state index in [0.717, 1.165) is 33.5 Å². The van der Waals surface area contributed by atoms with Crippen molar-refractivity contribution in [2.24, 2.45) is 0 Å². The number of pyridine rings is 1. The minimum Gasteiger partial charge on any atom is -0.322 e. The summed E-state index contributed by atoms with van der Waals surface area (Å²) in [5.74, 6) is -0.118. The highest BCUT2D eigenvalue weighted by Gasteiger charge is 2.12. The van der Waals surface area contributed by atoms with E-state index in [4.69, 9.17) is 0 Å². The number of anilines is 1. The van der Waals surface area contributed by atoms with Crippen LogP contribution < -0.4 is 5.32 Å². The molecule has 1 heterocycles. The van der Waals surface area contributed by atoms with Crippen LogP contribution in [0.15, 0.2) is 34.8 Å². The molecule has 3 nitrogen and oxygen atoms in total. The van der Waals surface area contributed by atoms with Crippen LogP contribution in [0.5, 0.6) is 0 Å². The molecule has 0 fully saturated rings. The first kappa shape index (κ1) is 14.7. The minimum absolute atomic E-state index is 0.118. The van der Waals surface area contributed by atoms with Gasteiger partial charge in [-0.3, -0.25) is 9.78 Å². The van der Waals surface area contributed by atoms with Crippen LogP contribution in [0, 0.1) is 13.8 Å². The fourth-order valence-electron chi connectivity index (χ4n) is 2.09. The highest BCUT2D eigenvalue weighted by atomic mass is 79.9. The number of carbonyl (C=O) groups is 1. The number of aromatic nitrogens is 1. The Morgan fingerprint density at radius 2 is 2.00 bits per heavy atom. The van der Waals surface area contributed by atoms with Crippen LogP contribution >= 0.6 is 15.9 Å². The van der Waals surface area contributed by atoms with Crippen molar-refractivity contribution >= 4 is 27.5 Å². The summed E-state index contributed by atoms with van der Waals surface area (Å²) >= 11 is 3.45. The Morgan fingerprint density at radius 1 is 1.25 bits per heavy atom. The van der Waals surface area contributed by atoms with E-state index in [1.165, 1.54) is 0 Å². The number of halogens is 1. The van der Waals surface area contributed by atoms with Crippen molar-refractivity contribution in [3.8, 4) is 0 Å². The van der Waals surface area contributed by atoms with E-state index in [1.54, 1.807) is 0 Å². The summed E-state index contributed by atoms with van der Waals surface area (Å²) in [4.78, 5) is 16.7. The number of nitrogens with one attached hydrogen (secondary N) is 1. The Morgan fingerprint density at radius 3 is 2.65 bits per heavy atom. The number of hydrogen-bond acceptors (Lipinski definition) is 2. The summed E-state index contributed by atoms with van der Waals surface area (Å²) in [6, 6.07) is 9.53. The molecule has 20 heavy (non-hydrogen) atoms.